The molecule has 3 aromatic rings. The number of hydrogen-bond donors (Lipinski definition) is 0. The summed E-state index contributed by atoms with van der Waals surface area (Å²) in [6, 6.07) is 13.0. The number of carbonyl (C=O) groups is 1. The van der Waals surface area contributed by atoms with Crippen LogP contribution in [0.25, 0.3) is 10.2 Å². The quantitative estimate of drug-likeness (QED) is 0.448. The van der Waals surface area contributed by atoms with Crippen molar-refractivity contribution in [2.24, 2.45) is 0 Å². The van der Waals surface area contributed by atoms with Crippen molar-refractivity contribution in [3.63, 3.8) is 0 Å². The van der Waals surface area contributed by atoms with Crippen LogP contribution in [0.15, 0.2) is 42.5 Å². The number of hydrogen-bond acceptors (Lipinski definition) is 8. The second kappa shape index (κ2) is 11.3. The van der Waals surface area contributed by atoms with Gasteiger partial charge in [-0.3, -0.25) is 14.6 Å². The van der Waals surface area contributed by atoms with Gasteiger partial charge in [0.2, 0.25) is 0 Å². The third-order valence-corrected chi connectivity index (χ3v) is 6.41. The summed E-state index contributed by atoms with van der Waals surface area (Å²) >= 11 is 1.49. The Morgan fingerprint density at radius 3 is 2.61 bits per heavy atom. The molecule has 9 heteroatoms. The number of rotatable bonds is 10. The van der Waals surface area contributed by atoms with Gasteiger partial charge in [-0.2, -0.15) is 0 Å². The molecule has 0 unspecified atom stereocenters. The second-order valence-corrected chi connectivity index (χ2v) is 8.51. The Hall–Kier alpha value is -2.88. The van der Waals surface area contributed by atoms with E-state index in [0.717, 1.165) is 41.3 Å². The fourth-order valence-electron chi connectivity index (χ4n) is 3.59. The van der Waals surface area contributed by atoms with E-state index in [1.54, 1.807) is 36.3 Å². The van der Waals surface area contributed by atoms with Crippen molar-refractivity contribution >= 4 is 32.6 Å². The molecule has 4 rings (SSSR count). The number of benzene rings is 2. The molecule has 0 aliphatic carbocycles. The van der Waals surface area contributed by atoms with Crippen LogP contribution < -0.4 is 19.1 Å². The van der Waals surface area contributed by atoms with Crippen LogP contribution in [0.4, 0.5) is 5.13 Å². The lowest BCUT2D eigenvalue weighted by Gasteiger charge is -2.29. The Morgan fingerprint density at radius 2 is 1.88 bits per heavy atom. The molecule has 1 aliphatic heterocycles. The Bertz CT molecular complexity index is 1050. The van der Waals surface area contributed by atoms with E-state index in [-0.39, 0.29) is 12.5 Å². The summed E-state index contributed by atoms with van der Waals surface area (Å²) < 4.78 is 23.1. The molecule has 0 N–H and O–H groups in total. The number of methoxy groups -OCH3 is 1. The van der Waals surface area contributed by atoms with Gasteiger partial charge in [-0.1, -0.05) is 17.4 Å². The molecule has 1 saturated heterocycles. The molecular weight excluding hydrogens is 442 g/mol. The van der Waals surface area contributed by atoms with E-state index in [2.05, 4.69) is 4.90 Å². The highest BCUT2D eigenvalue weighted by Crippen LogP contribution is 2.34. The molecule has 0 spiro atoms. The third-order valence-electron chi connectivity index (χ3n) is 5.37. The highest BCUT2D eigenvalue weighted by molar-refractivity contribution is 7.22. The molecule has 0 saturated carbocycles. The summed E-state index contributed by atoms with van der Waals surface area (Å²) in [5, 5.41) is 0.647. The van der Waals surface area contributed by atoms with Crippen LogP contribution in [0.3, 0.4) is 0 Å². The van der Waals surface area contributed by atoms with Gasteiger partial charge in [0.05, 0.1) is 31.6 Å². The summed E-state index contributed by atoms with van der Waals surface area (Å²) in [7, 11) is 1.61. The topological polar surface area (TPSA) is 73.4 Å². The number of thiazole rings is 1. The number of morpholine rings is 1. The first-order valence-corrected chi connectivity index (χ1v) is 11.9. The lowest BCUT2D eigenvalue weighted by molar-refractivity contribution is -0.120. The molecule has 0 bridgehead atoms. The third kappa shape index (κ3) is 5.93. The van der Waals surface area contributed by atoms with Crippen LogP contribution >= 0.6 is 11.3 Å². The average molecular weight is 472 g/mol. The fourth-order valence-corrected chi connectivity index (χ4v) is 4.61. The minimum atomic E-state index is -0.143. The molecule has 176 valence electrons. The molecule has 8 nitrogen and oxygen atoms in total. The molecule has 1 aliphatic rings. The molecule has 0 atom stereocenters. The van der Waals surface area contributed by atoms with Gasteiger partial charge in [0.1, 0.15) is 22.8 Å². The van der Waals surface area contributed by atoms with Gasteiger partial charge in [-0.05, 0) is 43.3 Å². The number of amides is 1. The van der Waals surface area contributed by atoms with Gasteiger partial charge >= 0.3 is 0 Å². The Morgan fingerprint density at radius 1 is 1.12 bits per heavy atom. The van der Waals surface area contributed by atoms with Gasteiger partial charge < -0.3 is 18.9 Å². The van der Waals surface area contributed by atoms with Crippen molar-refractivity contribution in [1.82, 2.24) is 9.88 Å². The van der Waals surface area contributed by atoms with Crippen molar-refractivity contribution in [2.75, 3.05) is 64.6 Å². The van der Waals surface area contributed by atoms with Crippen LogP contribution in [0, 0.1) is 0 Å². The molecule has 1 fully saturated rings. The zero-order valence-electron chi connectivity index (χ0n) is 19.0. The molecule has 2 heterocycles. The molecular formula is C24H29N3O5S. The Balaban J connectivity index is 1.52. The average Bonchev–Trinajstić information content (AvgIpc) is 3.29. The maximum atomic E-state index is 13.3. The van der Waals surface area contributed by atoms with E-state index < -0.39 is 0 Å². The fraction of sp³-hybridized carbons (Fsp3) is 0.417. The lowest BCUT2D eigenvalue weighted by atomic mass is 10.3. The van der Waals surface area contributed by atoms with Gasteiger partial charge in [0.15, 0.2) is 11.7 Å². The number of aromatic nitrogens is 1. The highest BCUT2D eigenvalue weighted by atomic mass is 32.1. The lowest BCUT2D eigenvalue weighted by Crippen LogP contribution is -2.44. The van der Waals surface area contributed by atoms with Crippen molar-refractivity contribution in [3.8, 4) is 17.2 Å². The van der Waals surface area contributed by atoms with Crippen LogP contribution in [0.5, 0.6) is 17.2 Å². The zero-order chi connectivity index (χ0) is 23.0. The highest BCUT2D eigenvalue weighted by Gasteiger charge is 2.23. The first-order chi connectivity index (χ1) is 16.2. The maximum Gasteiger partial charge on any atom is 0.266 e. The van der Waals surface area contributed by atoms with E-state index in [0.29, 0.717) is 37.2 Å². The number of ether oxygens (including phenoxy) is 4. The molecule has 2 aromatic carbocycles. The summed E-state index contributed by atoms with van der Waals surface area (Å²) in [5.74, 6) is 1.93. The summed E-state index contributed by atoms with van der Waals surface area (Å²) in [6.45, 7) is 6.84. The molecule has 0 radical (unpaired) electrons. The minimum Gasteiger partial charge on any atom is -0.497 e. The predicted octanol–water partition coefficient (Wildman–Crippen LogP) is 3.45. The summed E-state index contributed by atoms with van der Waals surface area (Å²) in [6.07, 6.45) is 0. The van der Waals surface area contributed by atoms with Crippen LogP contribution in [0.2, 0.25) is 0 Å². The van der Waals surface area contributed by atoms with E-state index in [1.165, 1.54) is 11.3 Å². The van der Waals surface area contributed by atoms with E-state index >= 15 is 0 Å². The van der Waals surface area contributed by atoms with E-state index in [1.807, 2.05) is 25.1 Å². The molecule has 1 aromatic heterocycles. The minimum absolute atomic E-state index is 0.0797. The van der Waals surface area contributed by atoms with Gasteiger partial charge in [-0.15, -0.1) is 0 Å². The number of nitrogens with zero attached hydrogens (tertiary/aromatic N) is 3. The first kappa shape index (κ1) is 23.3. The normalized spacial score (nSPS) is 14.2. The molecule has 33 heavy (non-hydrogen) atoms. The second-order valence-electron chi connectivity index (χ2n) is 7.50. The van der Waals surface area contributed by atoms with Gasteiger partial charge in [0.25, 0.3) is 5.91 Å². The summed E-state index contributed by atoms with van der Waals surface area (Å²) in [5.41, 5.74) is 0.777. The van der Waals surface area contributed by atoms with Crippen LogP contribution in [-0.4, -0.2) is 75.5 Å². The van der Waals surface area contributed by atoms with Crippen LogP contribution in [-0.2, 0) is 9.53 Å². The van der Waals surface area contributed by atoms with Crippen molar-refractivity contribution < 1.29 is 23.7 Å². The Kier molecular flexibility index (Phi) is 7.98. The standard InChI is InChI=1S/C24H29N3O5S/c1-3-31-20-5-4-6-21-23(20)25-24(33-21)27(12-11-26-13-15-30-16-14-26)22(28)17-32-19-9-7-18(29-2)8-10-19/h4-10H,3,11-17H2,1-2H3. The van der Waals surface area contributed by atoms with Crippen molar-refractivity contribution in [2.45, 2.75) is 6.92 Å². The van der Waals surface area contributed by atoms with Crippen molar-refractivity contribution in [1.29, 1.82) is 0 Å². The number of anilines is 1. The first-order valence-electron chi connectivity index (χ1n) is 11.1. The molecule has 1 amide bonds. The SMILES string of the molecule is CCOc1cccc2sc(N(CCN3CCOCC3)C(=O)COc3ccc(OC)cc3)nc12. The largest absolute Gasteiger partial charge is 0.497 e. The maximum absolute atomic E-state index is 13.3. The Labute approximate surface area is 197 Å². The smallest absolute Gasteiger partial charge is 0.266 e. The number of fused-ring (bicyclic) bond motifs is 1. The van der Waals surface area contributed by atoms with Crippen LogP contribution in [0.1, 0.15) is 6.92 Å². The zero-order valence-corrected chi connectivity index (χ0v) is 19.8. The van der Waals surface area contributed by atoms with Crippen molar-refractivity contribution in [3.05, 3.63) is 42.5 Å². The number of carbonyl (C=O) groups excluding carboxylic acids is 1. The van der Waals surface area contributed by atoms with Gasteiger partial charge in [0, 0.05) is 26.2 Å². The van der Waals surface area contributed by atoms with Gasteiger partial charge in [-0.25, -0.2) is 4.98 Å². The monoisotopic (exact) mass is 471 g/mol. The van der Waals surface area contributed by atoms with E-state index in [4.69, 9.17) is 23.9 Å². The summed E-state index contributed by atoms with van der Waals surface area (Å²) in [4.78, 5) is 22.1. The van der Waals surface area contributed by atoms with E-state index in [9.17, 15) is 4.79 Å². The predicted molar refractivity (Wildman–Crippen MR) is 129 cm³/mol. The number of para-hydroxylation sites is 1.